The Morgan fingerprint density at radius 1 is 1.25 bits per heavy atom. The van der Waals surface area contributed by atoms with Crippen molar-refractivity contribution in [3.05, 3.63) is 23.3 Å². The van der Waals surface area contributed by atoms with Crippen LogP contribution in [0.5, 0.6) is 17.2 Å². The SMILES string of the molecule is CCCCCC(CC)c1c(C=CC(=O)O)cc(OC)c(O)c1OC. The molecular weight excluding hydrogens is 308 g/mol. The second-order valence-corrected chi connectivity index (χ2v) is 5.74. The van der Waals surface area contributed by atoms with E-state index in [1.807, 2.05) is 0 Å². The molecule has 0 aromatic heterocycles. The Kier molecular flexibility index (Phi) is 8.16. The normalized spacial score (nSPS) is 12.3. The predicted octanol–water partition coefficient (Wildman–Crippen LogP) is 4.58. The van der Waals surface area contributed by atoms with Crippen LogP contribution in [0, 0.1) is 0 Å². The Labute approximate surface area is 143 Å². The van der Waals surface area contributed by atoms with Gasteiger partial charge in [0.1, 0.15) is 0 Å². The lowest BCUT2D eigenvalue weighted by atomic mass is 9.86. The van der Waals surface area contributed by atoms with Crippen LogP contribution < -0.4 is 9.47 Å². The van der Waals surface area contributed by atoms with Gasteiger partial charge in [-0.05, 0) is 36.5 Å². The van der Waals surface area contributed by atoms with Gasteiger partial charge >= 0.3 is 5.97 Å². The number of aliphatic carboxylic acids is 1. The molecule has 1 atom stereocenters. The van der Waals surface area contributed by atoms with Gasteiger partial charge < -0.3 is 19.7 Å². The molecule has 0 aliphatic heterocycles. The van der Waals surface area contributed by atoms with E-state index in [-0.39, 0.29) is 17.4 Å². The molecule has 1 aromatic rings. The topological polar surface area (TPSA) is 76.0 Å². The number of methoxy groups -OCH3 is 2. The fourth-order valence-electron chi connectivity index (χ4n) is 2.93. The van der Waals surface area contributed by atoms with Crippen LogP contribution in [0.15, 0.2) is 12.1 Å². The summed E-state index contributed by atoms with van der Waals surface area (Å²) in [5, 5.41) is 19.3. The van der Waals surface area contributed by atoms with E-state index in [1.54, 1.807) is 6.07 Å². The third-order valence-electron chi connectivity index (χ3n) is 4.18. The standard InChI is InChI=1S/C19H28O5/c1-5-7-8-9-13(6-2)17-14(10-11-16(20)21)12-15(23-3)18(22)19(17)24-4/h10-13,22H,5-9H2,1-4H3,(H,20,21). The minimum absolute atomic E-state index is 0.0450. The van der Waals surface area contributed by atoms with E-state index < -0.39 is 5.97 Å². The highest BCUT2D eigenvalue weighted by molar-refractivity contribution is 5.86. The molecule has 1 unspecified atom stereocenters. The van der Waals surface area contributed by atoms with Gasteiger partial charge in [-0.2, -0.15) is 0 Å². The van der Waals surface area contributed by atoms with E-state index in [9.17, 15) is 9.90 Å². The van der Waals surface area contributed by atoms with Crippen molar-refractivity contribution in [2.45, 2.75) is 51.9 Å². The van der Waals surface area contributed by atoms with Crippen LogP contribution in [0.2, 0.25) is 0 Å². The summed E-state index contributed by atoms with van der Waals surface area (Å²) in [6.07, 6.45) is 7.81. The van der Waals surface area contributed by atoms with Gasteiger partial charge in [0.15, 0.2) is 11.5 Å². The van der Waals surface area contributed by atoms with Gasteiger partial charge in [-0.1, -0.05) is 33.1 Å². The van der Waals surface area contributed by atoms with Gasteiger partial charge in [0.05, 0.1) is 14.2 Å². The quantitative estimate of drug-likeness (QED) is 0.483. The summed E-state index contributed by atoms with van der Waals surface area (Å²) in [6, 6.07) is 1.66. The van der Waals surface area contributed by atoms with Crippen LogP contribution in [0.1, 0.15) is 63.0 Å². The molecule has 0 radical (unpaired) electrons. The smallest absolute Gasteiger partial charge is 0.328 e. The first-order chi connectivity index (χ1) is 11.5. The first-order valence-electron chi connectivity index (χ1n) is 8.38. The Morgan fingerprint density at radius 3 is 2.46 bits per heavy atom. The van der Waals surface area contributed by atoms with E-state index >= 15 is 0 Å². The molecule has 0 fully saturated rings. The molecule has 0 heterocycles. The van der Waals surface area contributed by atoms with Crippen LogP contribution in [0.4, 0.5) is 0 Å². The molecule has 0 saturated heterocycles. The van der Waals surface area contributed by atoms with E-state index in [2.05, 4.69) is 13.8 Å². The number of aromatic hydroxyl groups is 1. The number of ether oxygens (including phenoxy) is 2. The lowest BCUT2D eigenvalue weighted by molar-refractivity contribution is -0.131. The molecule has 134 valence electrons. The van der Waals surface area contributed by atoms with Gasteiger partial charge in [-0.3, -0.25) is 0 Å². The van der Waals surface area contributed by atoms with Crippen LogP contribution in [0.3, 0.4) is 0 Å². The van der Waals surface area contributed by atoms with Crippen molar-refractivity contribution in [1.29, 1.82) is 0 Å². The molecule has 0 saturated carbocycles. The number of phenolic OH excluding ortho intramolecular Hbond substituents is 1. The summed E-state index contributed by atoms with van der Waals surface area (Å²) in [6.45, 7) is 4.24. The summed E-state index contributed by atoms with van der Waals surface area (Å²) in [4.78, 5) is 10.9. The zero-order valence-electron chi connectivity index (χ0n) is 15.0. The van der Waals surface area contributed by atoms with Crippen molar-refractivity contribution < 1.29 is 24.5 Å². The van der Waals surface area contributed by atoms with Gasteiger partial charge in [-0.25, -0.2) is 4.79 Å². The molecule has 1 aromatic carbocycles. The molecule has 24 heavy (non-hydrogen) atoms. The van der Waals surface area contributed by atoms with Gasteiger partial charge in [0, 0.05) is 11.6 Å². The molecule has 5 heteroatoms. The second kappa shape index (κ2) is 9.85. The number of rotatable bonds is 10. The minimum atomic E-state index is -1.02. The average Bonchev–Trinajstić information content (AvgIpc) is 2.57. The van der Waals surface area contributed by atoms with Crippen molar-refractivity contribution in [3.8, 4) is 17.2 Å². The summed E-state index contributed by atoms with van der Waals surface area (Å²) < 4.78 is 10.6. The highest BCUT2D eigenvalue weighted by atomic mass is 16.5. The van der Waals surface area contributed by atoms with Crippen LogP contribution in [-0.2, 0) is 4.79 Å². The van der Waals surface area contributed by atoms with Gasteiger partial charge in [0.2, 0.25) is 5.75 Å². The van der Waals surface area contributed by atoms with E-state index in [1.165, 1.54) is 20.3 Å². The lowest BCUT2D eigenvalue weighted by Gasteiger charge is -2.23. The molecule has 1 rings (SSSR count). The highest BCUT2D eigenvalue weighted by Crippen LogP contribution is 2.46. The number of hydrogen-bond donors (Lipinski definition) is 2. The maximum absolute atomic E-state index is 10.9. The molecule has 5 nitrogen and oxygen atoms in total. The zero-order valence-corrected chi connectivity index (χ0v) is 15.0. The maximum atomic E-state index is 10.9. The third-order valence-corrected chi connectivity index (χ3v) is 4.18. The van der Waals surface area contributed by atoms with Crippen molar-refractivity contribution in [1.82, 2.24) is 0 Å². The predicted molar refractivity (Wildman–Crippen MR) is 95.1 cm³/mol. The summed E-state index contributed by atoms with van der Waals surface area (Å²) in [5.74, 6) is -0.258. The monoisotopic (exact) mass is 336 g/mol. The number of carboxylic acid groups (broad SMARTS) is 1. The number of benzene rings is 1. The molecule has 2 N–H and O–H groups in total. The molecule has 0 amide bonds. The van der Waals surface area contributed by atoms with Gasteiger partial charge in [0.25, 0.3) is 0 Å². The molecule has 0 aliphatic rings. The minimum Gasteiger partial charge on any atom is -0.502 e. The molecule has 0 spiro atoms. The van der Waals surface area contributed by atoms with E-state index in [0.717, 1.165) is 43.7 Å². The summed E-state index contributed by atoms with van der Waals surface area (Å²) in [7, 11) is 2.96. The van der Waals surface area contributed by atoms with Crippen LogP contribution >= 0.6 is 0 Å². The van der Waals surface area contributed by atoms with Crippen molar-refractivity contribution in [2.75, 3.05) is 14.2 Å². The number of carboxylic acids is 1. The third kappa shape index (κ3) is 4.91. The average molecular weight is 336 g/mol. The molecule has 0 bridgehead atoms. The van der Waals surface area contributed by atoms with Gasteiger partial charge in [-0.15, -0.1) is 0 Å². The van der Waals surface area contributed by atoms with E-state index in [0.29, 0.717) is 11.3 Å². The Bertz CT molecular complexity index is 578. The van der Waals surface area contributed by atoms with Crippen LogP contribution in [0.25, 0.3) is 6.08 Å². The Morgan fingerprint density at radius 2 is 1.96 bits per heavy atom. The Hall–Kier alpha value is -2.17. The Balaban J connectivity index is 3.44. The van der Waals surface area contributed by atoms with Crippen molar-refractivity contribution in [2.24, 2.45) is 0 Å². The summed E-state index contributed by atoms with van der Waals surface area (Å²) >= 11 is 0. The number of unbranched alkanes of at least 4 members (excludes halogenated alkanes) is 2. The number of hydrogen-bond acceptors (Lipinski definition) is 4. The van der Waals surface area contributed by atoms with Crippen molar-refractivity contribution >= 4 is 12.0 Å². The largest absolute Gasteiger partial charge is 0.502 e. The fourth-order valence-corrected chi connectivity index (χ4v) is 2.93. The number of carbonyl (C=O) groups is 1. The fraction of sp³-hybridized carbons (Fsp3) is 0.526. The number of phenols is 1. The molecular formula is C19H28O5. The lowest BCUT2D eigenvalue weighted by Crippen LogP contribution is -2.05. The van der Waals surface area contributed by atoms with Crippen LogP contribution in [-0.4, -0.2) is 30.4 Å². The second-order valence-electron chi connectivity index (χ2n) is 5.74. The van der Waals surface area contributed by atoms with Crippen molar-refractivity contribution in [3.63, 3.8) is 0 Å². The first-order valence-corrected chi connectivity index (χ1v) is 8.38. The molecule has 0 aliphatic carbocycles. The first kappa shape index (κ1) is 19.9. The summed E-state index contributed by atoms with van der Waals surface area (Å²) in [5.41, 5.74) is 1.54. The van der Waals surface area contributed by atoms with E-state index in [4.69, 9.17) is 14.6 Å². The zero-order chi connectivity index (χ0) is 18.1. The highest BCUT2D eigenvalue weighted by Gasteiger charge is 2.23. The maximum Gasteiger partial charge on any atom is 0.328 e.